The van der Waals surface area contributed by atoms with E-state index >= 15 is 0 Å². The molecule has 0 N–H and O–H groups in total. The first-order valence-corrected chi connectivity index (χ1v) is 7.06. The summed E-state index contributed by atoms with van der Waals surface area (Å²) in [6.07, 6.45) is 4.08. The third-order valence-electron chi connectivity index (χ3n) is 4.90. The number of hydrogen-bond acceptors (Lipinski definition) is 3. The molecule has 0 unspecified atom stereocenters. The first-order valence-electron chi connectivity index (χ1n) is 7.06. The Morgan fingerprint density at radius 2 is 2.21 bits per heavy atom. The summed E-state index contributed by atoms with van der Waals surface area (Å²) < 4.78 is 5.31. The minimum Gasteiger partial charge on any atom is -0.497 e. The summed E-state index contributed by atoms with van der Waals surface area (Å²) in [6, 6.07) is 8.20. The van der Waals surface area contributed by atoms with Crippen LogP contribution in [0.15, 0.2) is 24.3 Å². The molecular weight excluding hydrogens is 238 g/mol. The zero-order valence-electron chi connectivity index (χ0n) is 11.7. The summed E-state index contributed by atoms with van der Waals surface area (Å²) in [5.74, 6) is 1.27. The van der Waals surface area contributed by atoms with Crippen LogP contribution in [-0.2, 0) is 10.2 Å². The lowest BCUT2D eigenvalue weighted by atomic mass is 9.62. The van der Waals surface area contributed by atoms with Crippen molar-refractivity contribution < 1.29 is 9.53 Å². The molecule has 3 rings (SSSR count). The SMILES string of the molecule is COc1cccc([C@@]23CCC[C@@H](C2=O)N(C)CC3)c1. The largest absolute Gasteiger partial charge is 0.497 e. The van der Waals surface area contributed by atoms with Crippen molar-refractivity contribution in [1.29, 1.82) is 0 Å². The molecule has 3 nitrogen and oxygen atoms in total. The van der Waals surface area contributed by atoms with Gasteiger partial charge in [-0.3, -0.25) is 9.69 Å². The summed E-state index contributed by atoms with van der Waals surface area (Å²) in [4.78, 5) is 15.1. The van der Waals surface area contributed by atoms with Gasteiger partial charge in [-0.15, -0.1) is 0 Å². The fourth-order valence-corrected chi connectivity index (χ4v) is 3.71. The molecule has 2 atom stereocenters. The van der Waals surface area contributed by atoms with E-state index in [0.29, 0.717) is 5.78 Å². The molecule has 1 saturated carbocycles. The molecule has 0 spiro atoms. The summed E-state index contributed by atoms with van der Waals surface area (Å²) in [6.45, 7) is 1.01. The van der Waals surface area contributed by atoms with Crippen molar-refractivity contribution in [1.82, 2.24) is 4.90 Å². The van der Waals surface area contributed by atoms with Gasteiger partial charge in [0.05, 0.1) is 18.6 Å². The topological polar surface area (TPSA) is 29.5 Å². The van der Waals surface area contributed by atoms with E-state index < -0.39 is 0 Å². The van der Waals surface area contributed by atoms with Gasteiger partial charge in [-0.2, -0.15) is 0 Å². The van der Waals surface area contributed by atoms with Gasteiger partial charge in [-0.1, -0.05) is 18.6 Å². The average Bonchev–Trinajstić information content (AvgIpc) is 2.44. The van der Waals surface area contributed by atoms with Crippen LogP contribution in [0.4, 0.5) is 0 Å². The van der Waals surface area contributed by atoms with Crippen molar-refractivity contribution in [2.45, 2.75) is 37.1 Å². The molecule has 1 saturated heterocycles. The number of carbonyl (C=O) groups is 1. The Bertz CT molecular complexity index is 499. The number of likely N-dealkylation sites (N-methyl/N-ethyl adjacent to an activating group) is 1. The number of carbonyl (C=O) groups excluding carboxylic acids is 1. The number of hydrogen-bond donors (Lipinski definition) is 0. The van der Waals surface area contributed by atoms with Gasteiger partial charge < -0.3 is 4.74 Å². The van der Waals surface area contributed by atoms with Gasteiger partial charge in [0, 0.05) is 0 Å². The second-order valence-electron chi connectivity index (χ2n) is 5.82. The number of ketones is 1. The highest BCUT2D eigenvalue weighted by atomic mass is 16.5. The zero-order valence-corrected chi connectivity index (χ0v) is 11.7. The third-order valence-corrected chi connectivity index (χ3v) is 4.90. The minimum atomic E-state index is -0.260. The summed E-state index contributed by atoms with van der Waals surface area (Å²) in [5, 5.41) is 0. The van der Waals surface area contributed by atoms with Gasteiger partial charge >= 0.3 is 0 Å². The molecule has 1 aromatic carbocycles. The van der Waals surface area contributed by atoms with Crippen LogP contribution in [0.2, 0.25) is 0 Å². The molecule has 1 aliphatic heterocycles. The van der Waals surface area contributed by atoms with Gasteiger partial charge in [0.1, 0.15) is 5.75 Å². The molecule has 2 fully saturated rings. The van der Waals surface area contributed by atoms with Gasteiger partial charge in [0.15, 0.2) is 5.78 Å². The van der Waals surface area contributed by atoms with E-state index in [2.05, 4.69) is 18.0 Å². The second kappa shape index (κ2) is 4.64. The predicted molar refractivity (Wildman–Crippen MR) is 74.6 cm³/mol. The van der Waals surface area contributed by atoms with Gasteiger partial charge in [-0.05, 0) is 50.6 Å². The Hall–Kier alpha value is -1.35. The number of likely N-dealkylation sites (tertiary alicyclic amines) is 1. The van der Waals surface area contributed by atoms with Gasteiger partial charge in [0.2, 0.25) is 0 Å². The van der Waals surface area contributed by atoms with Crippen molar-refractivity contribution in [3.63, 3.8) is 0 Å². The van der Waals surface area contributed by atoms with Gasteiger partial charge in [-0.25, -0.2) is 0 Å². The molecule has 0 radical (unpaired) electrons. The van der Waals surface area contributed by atoms with Crippen molar-refractivity contribution in [3.05, 3.63) is 29.8 Å². The van der Waals surface area contributed by atoms with Crippen LogP contribution in [0, 0.1) is 0 Å². The van der Waals surface area contributed by atoms with Crippen LogP contribution in [0.3, 0.4) is 0 Å². The van der Waals surface area contributed by atoms with Crippen LogP contribution in [0.5, 0.6) is 5.75 Å². The first kappa shape index (κ1) is 12.7. The van der Waals surface area contributed by atoms with Crippen LogP contribution < -0.4 is 4.74 Å². The smallest absolute Gasteiger partial charge is 0.160 e. The van der Waals surface area contributed by atoms with E-state index in [1.165, 1.54) is 0 Å². The highest BCUT2D eigenvalue weighted by molar-refractivity contribution is 5.96. The van der Waals surface area contributed by atoms with E-state index in [1.54, 1.807) is 7.11 Å². The van der Waals surface area contributed by atoms with E-state index in [9.17, 15) is 4.79 Å². The Kier molecular flexibility index (Phi) is 3.09. The van der Waals surface area contributed by atoms with Crippen molar-refractivity contribution in [3.8, 4) is 5.75 Å². The normalized spacial score (nSPS) is 31.3. The Morgan fingerprint density at radius 1 is 1.37 bits per heavy atom. The molecule has 0 amide bonds. The number of methoxy groups -OCH3 is 1. The van der Waals surface area contributed by atoms with Crippen LogP contribution >= 0.6 is 0 Å². The van der Waals surface area contributed by atoms with Crippen molar-refractivity contribution >= 4 is 5.78 Å². The Morgan fingerprint density at radius 3 is 3.00 bits per heavy atom. The number of fused-ring (bicyclic) bond motifs is 2. The fourth-order valence-electron chi connectivity index (χ4n) is 3.71. The van der Waals surface area contributed by atoms with E-state index in [1.807, 2.05) is 18.2 Å². The van der Waals surface area contributed by atoms with Crippen molar-refractivity contribution in [2.24, 2.45) is 0 Å². The summed E-state index contributed by atoms with van der Waals surface area (Å²) in [7, 11) is 3.75. The molecule has 2 bridgehead atoms. The van der Waals surface area contributed by atoms with E-state index in [0.717, 1.165) is 43.5 Å². The minimum absolute atomic E-state index is 0.119. The predicted octanol–water partition coefficient (Wildman–Crippen LogP) is 2.39. The van der Waals surface area contributed by atoms with E-state index in [-0.39, 0.29) is 11.5 Å². The quantitative estimate of drug-likeness (QED) is 0.816. The summed E-state index contributed by atoms with van der Waals surface area (Å²) in [5.41, 5.74) is 0.888. The molecule has 0 aromatic heterocycles. The average molecular weight is 259 g/mol. The van der Waals surface area contributed by atoms with Crippen LogP contribution in [0.1, 0.15) is 31.2 Å². The number of piperidine rings is 1. The van der Waals surface area contributed by atoms with Crippen LogP contribution in [0.25, 0.3) is 0 Å². The Labute approximate surface area is 114 Å². The number of rotatable bonds is 2. The molecule has 19 heavy (non-hydrogen) atoms. The zero-order chi connectivity index (χ0) is 13.5. The molecular formula is C16H21NO2. The lowest BCUT2D eigenvalue weighted by Crippen LogP contribution is -2.58. The molecule has 3 heteroatoms. The van der Waals surface area contributed by atoms with Crippen LogP contribution in [-0.4, -0.2) is 37.4 Å². The Balaban J connectivity index is 2.03. The van der Waals surface area contributed by atoms with Gasteiger partial charge in [0.25, 0.3) is 0 Å². The lowest BCUT2D eigenvalue weighted by molar-refractivity contribution is -0.136. The highest BCUT2D eigenvalue weighted by Crippen LogP contribution is 2.44. The fraction of sp³-hybridized carbons (Fsp3) is 0.562. The summed E-state index contributed by atoms with van der Waals surface area (Å²) >= 11 is 0. The first-order chi connectivity index (χ1) is 9.17. The highest BCUT2D eigenvalue weighted by Gasteiger charge is 2.50. The van der Waals surface area contributed by atoms with E-state index in [4.69, 9.17) is 4.74 Å². The second-order valence-corrected chi connectivity index (χ2v) is 5.82. The number of ether oxygens (including phenoxy) is 1. The molecule has 1 aromatic rings. The van der Waals surface area contributed by atoms with Crippen molar-refractivity contribution in [2.75, 3.05) is 20.7 Å². The number of nitrogens with zero attached hydrogens (tertiary/aromatic N) is 1. The molecule has 2 aliphatic rings. The monoisotopic (exact) mass is 259 g/mol. The number of benzene rings is 1. The molecule has 102 valence electrons. The maximum absolute atomic E-state index is 12.9. The number of Topliss-reactive ketones (excluding diaryl/α,β-unsaturated/α-hetero) is 1. The molecule has 1 heterocycles. The third kappa shape index (κ3) is 1.88. The maximum atomic E-state index is 12.9. The molecule has 1 aliphatic carbocycles. The lowest BCUT2D eigenvalue weighted by Gasteiger charge is -2.48. The maximum Gasteiger partial charge on any atom is 0.160 e. The standard InChI is InChI=1S/C16H21NO2/c1-17-10-9-16(8-4-7-14(17)15(16)18)12-5-3-6-13(11-12)19-2/h3,5-6,11,14H,4,7-10H2,1-2H3/t14-,16-/m0/s1.